The molecule has 1 aromatic heterocycles. The lowest BCUT2D eigenvalue weighted by atomic mass is 10.1. The molecule has 0 fully saturated rings. The zero-order valence-electron chi connectivity index (χ0n) is 7.77. The van der Waals surface area contributed by atoms with Crippen molar-refractivity contribution in [1.29, 1.82) is 0 Å². The third-order valence-electron chi connectivity index (χ3n) is 1.97. The highest BCUT2D eigenvalue weighted by atomic mass is 32.1. The van der Waals surface area contributed by atoms with E-state index >= 15 is 0 Å². The lowest BCUT2D eigenvalue weighted by molar-refractivity contribution is -0.387. The molecule has 0 saturated heterocycles. The van der Waals surface area contributed by atoms with Crippen LogP contribution < -0.4 is 0 Å². The fourth-order valence-corrected chi connectivity index (χ4v) is 1.40. The number of nitrogens with zero attached hydrogens (tertiary/aromatic N) is 1. The van der Waals surface area contributed by atoms with Gasteiger partial charge in [0.2, 0.25) is 5.82 Å². The minimum atomic E-state index is -0.879. The maximum absolute atomic E-state index is 13.0. The van der Waals surface area contributed by atoms with Gasteiger partial charge in [0.25, 0.3) is 4.84 Å². The van der Waals surface area contributed by atoms with Crippen LogP contribution in [0.25, 0.3) is 11.3 Å². The molecule has 82 valence electrons. The monoisotopic (exact) mass is 240 g/mol. The lowest BCUT2D eigenvalue weighted by Crippen LogP contribution is -1.92. The third kappa shape index (κ3) is 1.84. The number of hydrogen-bond donors (Lipinski definition) is 1. The minimum absolute atomic E-state index is 0.155. The zero-order chi connectivity index (χ0) is 11.7. The van der Waals surface area contributed by atoms with Crippen molar-refractivity contribution in [2.24, 2.45) is 0 Å². The van der Waals surface area contributed by atoms with Crippen LogP contribution in [0.4, 0.5) is 10.1 Å². The average Bonchev–Trinajstić information content (AvgIpc) is 2.65. The number of H-pyrrole nitrogens is 1. The van der Waals surface area contributed by atoms with Crippen molar-refractivity contribution >= 4 is 17.9 Å². The fourth-order valence-electron chi connectivity index (χ4n) is 1.24. The van der Waals surface area contributed by atoms with Crippen LogP contribution in [0, 0.1) is 20.8 Å². The Balaban J connectivity index is 2.55. The van der Waals surface area contributed by atoms with Gasteiger partial charge in [-0.3, -0.25) is 10.1 Å². The Bertz CT molecular complexity index is 605. The van der Waals surface area contributed by atoms with Crippen LogP contribution in [0.15, 0.2) is 28.9 Å². The number of benzene rings is 1. The quantitative estimate of drug-likeness (QED) is 0.497. The van der Waals surface area contributed by atoms with Crippen LogP contribution in [-0.2, 0) is 0 Å². The largest absolute Gasteiger partial charge is 0.437 e. The zero-order valence-corrected chi connectivity index (χ0v) is 8.58. The van der Waals surface area contributed by atoms with E-state index in [0.29, 0.717) is 11.3 Å². The summed E-state index contributed by atoms with van der Waals surface area (Å²) in [4.78, 5) is 12.6. The molecule has 0 bridgehead atoms. The first kappa shape index (κ1) is 10.5. The first-order valence-corrected chi connectivity index (χ1v) is 4.61. The minimum Gasteiger partial charge on any atom is -0.437 e. The summed E-state index contributed by atoms with van der Waals surface area (Å²) in [6.07, 6.45) is 1.32. The van der Waals surface area contributed by atoms with Crippen molar-refractivity contribution < 1.29 is 13.7 Å². The van der Waals surface area contributed by atoms with Crippen molar-refractivity contribution in [3.05, 3.63) is 45.2 Å². The van der Waals surface area contributed by atoms with E-state index in [1.807, 2.05) is 0 Å². The number of aromatic nitrogens is 1. The first-order chi connectivity index (χ1) is 7.58. The van der Waals surface area contributed by atoms with Crippen LogP contribution in [0.5, 0.6) is 0 Å². The number of hydrogen-bond acceptors (Lipinski definition) is 4. The molecule has 0 saturated carbocycles. The summed E-state index contributed by atoms with van der Waals surface area (Å²) in [6, 6.07) is 3.54. The summed E-state index contributed by atoms with van der Waals surface area (Å²) >= 11 is 4.71. The first-order valence-electron chi connectivity index (χ1n) is 4.20. The maximum atomic E-state index is 13.0. The predicted octanol–water partition coefficient (Wildman–Crippen LogP) is 3.05. The van der Waals surface area contributed by atoms with Gasteiger partial charge >= 0.3 is 5.69 Å². The van der Waals surface area contributed by atoms with Crippen LogP contribution in [0.2, 0.25) is 0 Å². The molecule has 0 aliphatic carbocycles. The average molecular weight is 240 g/mol. The highest BCUT2D eigenvalue weighted by Gasteiger charge is 2.15. The highest BCUT2D eigenvalue weighted by molar-refractivity contribution is 7.71. The highest BCUT2D eigenvalue weighted by Crippen LogP contribution is 2.25. The van der Waals surface area contributed by atoms with Gasteiger partial charge in [0.15, 0.2) is 0 Å². The number of nitro benzene ring substituents is 1. The Kier molecular flexibility index (Phi) is 2.53. The van der Waals surface area contributed by atoms with Crippen molar-refractivity contribution in [3.8, 4) is 11.3 Å². The molecule has 2 rings (SSSR count). The van der Waals surface area contributed by atoms with Crippen LogP contribution in [0.1, 0.15) is 0 Å². The number of nitrogens with one attached hydrogen (secondary N) is 1. The van der Waals surface area contributed by atoms with Crippen LogP contribution >= 0.6 is 12.2 Å². The van der Waals surface area contributed by atoms with Gasteiger partial charge in [-0.15, -0.1) is 0 Å². The molecule has 2 aromatic rings. The fraction of sp³-hybridized carbons (Fsp3) is 0. The van der Waals surface area contributed by atoms with Gasteiger partial charge in [-0.1, -0.05) is 0 Å². The Morgan fingerprint density at radius 1 is 1.50 bits per heavy atom. The van der Waals surface area contributed by atoms with Crippen LogP contribution in [-0.4, -0.2) is 9.91 Å². The number of oxazole rings is 1. The van der Waals surface area contributed by atoms with Gasteiger partial charge in [0.05, 0.1) is 10.6 Å². The van der Waals surface area contributed by atoms with Gasteiger partial charge in [-0.25, -0.2) is 0 Å². The molecule has 0 atom stereocenters. The Hall–Kier alpha value is -2.02. The standard InChI is InChI=1S/C9H5FN2O3S/c10-6-2-1-5(3-8(6)12(13)14)7-4-15-9(16)11-7/h1-4H,(H,11,16). The Morgan fingerprint density at radius 2 is 2.25 bits per heavy atom. The van der Waals surface area contributed by atoms with E-state index in [1.54, 1.807) is 0 Å². The summed E-state index contributed by atoms with van der Waals surface area (Å²) in [5.74, 6) is -0.879. The van der Waals surface area contributed by atoms with Gasteiger partial charge in [0, 0.05) is 11.6 Å². The second-order valence-corrected chi connectivity index (χ2v) is 3.36. The summed E-state index contributed by atoms with van der Waals surface area (Å²) < 4.78 is 17.9. The van der Waals surface area contributed by atoms with E-state index in [2.05, 4.69) is 4.98 Å². The molecular formula is C9H5FN2O3S. The molecule has 0 aliphatic heterocycles. The van der Waals surface area contributed by atoms with Crippen molar-refractivity contribution in [3.63, 3.8) is 0 Å². The van der Waals surface area contributed by atoms with E-state index in [9.17, 15) is 14.5 Å². The third-order valence-corrected chi connectivity index (χ3v) is 2.17. The lowest BCUT2D eigenvalue weighted by Gasteiger charge is -1.97. The van der Waals surface area contributed by atoms with Gasteiger partial charge in [-0.2, -0.15) is 4.39 Å². The maximum Gasteiger partial charge on any atom is 0.305 e. The van der Waals surface area contributed by atoms with Crippen molar-refractivity contribution in [1.82, 2.24) is 4.98 Å². The van der Waals surface area contributed by atoms with E-state index in [4.69, 9.17) is 16.6 Å². The molecule has 0 aliphatic rings. The summed E-state index contributed by atoms with van der Waals surface area (Å²) in [7, 11) is 0. The number of nitro groups is 1. The summed E-state index contributed by atoms with van der Waals surface area (Å²) in [6.45, 7) is 0. The second kappa shape index (κ2) is 3.86. The molecule has 1 aromatic carbocycles. The number of aromatic amines is 1. The van der Waals surface area contributed by atoms with E-state index < -0.39 is 16.4 Å². The Labute approximate surface area is 93.7 Å². The predicted molar refractivity (Wildman–Crippen MR) is 55.9 cm³/mol. The Morgan fingerprint density at radius 3 is 2.81 bits per heavy atom. The topological polar surface area (TPSA) is 72.1 Å². The smallest absolute Gasteiger partial charge is 0.305 e. The molecule has 0 amide bonds. The van der Waals surface area contributed by atoms with Crippen molar-refractivity contribution in [2.45, 2.75) is 0 Å². The molecule has 0 radical (unpaired) electrons. The normalized spacial score (nSPS) is 10.3. The molecule has 1 heterocycles. The molecule has 16 heavy (non-hydrogen) atoms. The van der Waals surface area contributed by atoms with E-state index in [1.165, 1.54) is 12.3 Å². The molecular weight excluding hydrogens is 235 g/mol. The second-order valence-electron chi connectivity index (χ2n) is 2.99. The van der Waals surface area contributed by atoms with E-state index in [-0.39, 0.29) is 4.84 Å². The van der Waals surface area contributed by atoms with Gasteiger partial charge in [0.1, 0.15) is 6.26 Å². The summed E-state index contributed by atoms with van der Waals surface area (Å²) in [5.41, 5.74) is 0.319. The van der Waals surface area contributed by atoms with Gasteiger partial charge in [-0.05, 0) is 24.4 Å². The van der Waals surface area contributed by atoms with Crippen molar-refractivity contribution in [2.75, 3.05) is 0 Å². The molecule has 0 unspecified atom stereocenters. The molecule has 0 spiro atoms. The van der Waals surface area contributed by atoms with Crippen LogP contribution in [0.3, 0.4) is 0 Å². The van der Waals surface area contributed by atoms with E-state index in [0.717, 1.165) is 12.1 Å². The molecule has 5 nitrogen and oxygen atoms in total. The molecule has 7 heteroatoms. The number of rotatable bonds is 2. The molecule has 1 N–H and O–H groups in total. The summed E-state index contributed by atoms with van der Waals surface area (Å²) in [5, 5.41) is 10.5. The number of halogens is 1. The van der Waals surface area contributed by atoms with Gasteiger partial charge < -0.3 is 9.40 Å². The SMILES string of the molecule is O=[N+]([O-])c1cc(-c2coc(=S)[nH]2)ccc1F.